The molecule has 1 fully saturated rings. The number of methoxy groups -OCH3 is 1. The average Bonchev–Trinajstić information content (AvgIpc) is 3.14. The molecule has 28 heavy (non-hydrogen) atoms. The third kappa shape index (κ3) is 4.70. The SMILES string of the molecule is COc1ccc(NC(=O)C2CCCN2CC(=O)Nc2cccc(C)c2C)cc1. The fourth-order valence-electron chi connectivity index (χ4n) is 3.47. The Kier molecular flexibility index (Phi) is 6.31. The van der Waals surface area contributed by atoms with Crippen LogP contribution < -0.4 is 15.4 Å². The molecule has 0 aliphatic carbocycles. The highest BCUT2D eigenvalue weighted by molar-refractivity contribution is 5.97. The van der Waals surface area contributed by atoms with Crippen molar-refractivity contribution >= 4 is 23.2 Å². The monoisotopic (exact) mass is 381 g/mol. The van der Waals surface area contributed by atoms with Gasteiger partial charge >= 0.3 is 0 Å². The second kappa shape index (κ2) is 8.89. The van der Waals surface area contributed by atoms with Crippen LogP contribution in [0.25, 0.3) is 0 Å². The molecule has 2 aromatic rings. The predicted octanol–water partition coefficient (Wildman–Crippen LogP) is 3.35. The van der Waals surface area contributed by atoms with Crippen LogP contribution in [0, 0.1) is 13.8 Å². The molecule has 6 heteroatoms. The number of carbonyl (C=O) groups excluding carboxylic acids is 2. The van der Waals surface area contributed by atoms with Gasteiger partial charge in [-0.3, -0.25) is 14.5 Å². The Hall–Kier alpha value is -2.86. The lowest BCUT2D eigenvalue weighted by Gasteiger charge is -2.23. The van der Waals surface area contributed by atoms with E-state index in [4.69, 9.17) is 4.74 Å². The van der Waals surface area contributed by atoms with Crippen LogP contribution in [0.5, 0.6) is 5.75 Å². The maximum absolute atomic E-state index is 12.7. The summed E-state index contributed by atoms with van der Waals surface area (Å²) >= 11 is 0. The number of hydrogen-bond donors (Lipinski definition) is 2. The lowest BCUT2D eigenvalue weighted by Crippen LogP contribution is -2.43. The molecule has 2 N–H and O–H groups in total. The topological polar surface area (TPSA) is 70.7 Å². The summed E-state index contributed by atoms with van der Waals surface area (Å²) in [6.07, 6.45) is 1.65. The zero-order chi connectivity index (χ0) is 20.1. The number of ether oxygens (including phenoxy) is 1. The van der Waals surface area contributed by atoms with Gasteiger partial charge < -0.3 is 15.4 Å². The van der Waals surface area contributed by atoms with Crippen LogP contribution in [0.2, 0.25) is 0 Å². The lowest BCUT2D eigenvalue weighted by molar-refractivity contribution is -0.122. The number of nitrogens with one attached hydrogen (secondary N) is 2. The van der Waals surface area contributed by atoms with Crippen molar-refractivity contribution in [3.8, 4) is 5.75 Å². The summed E-state index contributed by atoms with van der Waals surface area (Å²) in [5.41, 5.74) is 3.74. The molecule has 0 bridgehead atoms. The number of rotatable bonds is 6. The normalized spacial score (nSPS) is 16.6. The van der Waals surface area contributed by atoms with Gasteiger partial charge in [0.1, 0.15) is 5.75 Å². The van der Waals surface area contributed by atoms with Crippen molar-refractivity contribution in [2.24, 2.45) is 0 Å². The zero-order valence-corrected chi connectivity index (χ0v) is 16.6. The minimum atomic E-state index is -0.300. The van der Waals surface area contributed by atoms with Gasteiger partial charge in [-0.25, -0.2) is 0 Å². The van der Waals surface area contributed by atoms with Gasteiger partial charge in [-0.2, -0.15) is 0 Å². The van der Waals surface area contributed by atoms with Crippen molar-refractivity contribution in [1.29, 1.82) is 0 Å². The first-order valence-electron chi connectivity index (χ1n) is 9.53. The van der Waals surface area contributed by atoms with E-state index in [1.165, 1.54) is 0 Å². The molecule has 0 saturated carbocycles. The Morgan fingerprint density at radius 3 is 2.57 bits per heavy atom. The Morgan fingerprint density at radius 2 is 1.86 bits per heavy atom. The summed E-state index contributed by atoms with van der Waals surface area (Å²) in [6, 6.07) is 12.8. The first-order chi connectivity index (χ1) is 13.5. The van der Waals surface area contributed by atoms with E-state index < -0.39 is 0 Å². The molecule has 2 amide bonds. The lowest BCUT2D eigenvalue weighted by atomic mass is 10.1. The molecule has 0 spiro atoms. The van der Waals surface area contributed by atoms with Crippen molar-refractivity contribution in [3.63, 3.8) is 0 Å². The number of anilines is 2. The third-order valence-corrected chi connectivity index (χ3v) is 5.25. The second-order valence-corrected chi connectivity index (χ2v) is 7.14. The van der Waals surface area contributed by atoms with Gasteiger partial charge in [-0.05, 0) is 74.7 Å². The molecule has 1 aliphatic heterocycles. The Labute approximate surface area is 165 Å². The molecule has 3 rings (SSSR count). The number of carbonyl (C=O) groups is 2. The minimum absolute atomic E-state index is 0.0813. The van der Waals surface area contributed by atoms with Crippen LogP contribution in [0.15, 0.2) is 42.5 Å². The summed E-state index contributed by atoms with van der Waals surface area (Å²) in [4.78, 5) is 27.2. The van der Waals surface area contributed by atoms with Crippen molar-refractivity contribution in [1.82, 2.24) is 4.90 Å². The number of hydrogen-bond acceptors (Lipinski definition) is 4. The summed E-state index contributed by atoms with van der Waals surface area (Å²) in [6.45, 7) is 4.95. The van der Waals surface area contributed by atoms with Crippen LogP contribution in [-0.2, 0) is 9.59 Å². The summed E-state index contributed by atoms with van der Waals surface area (Å²) in [7, 11) is 1.60. The van der Waals surface area contributed by atoms with Crippen LogP contribution in [0.1, 0.15) is 24.0 Å². The van der Waals surface area contributed by atoms with E-state index in [2.05, 4.69) is 10.6 Å². The fourth-order valence-corrected chi connectivity index (χ4v) is 3.47. The van der Waals surface area contributed by atoms with E-state index in [0.29, 0.717) is 0 Å². The standard InChI is InChI=1S/C22H27N3O3/c1-15-6-4-7-19(16(15)2)24-21(26)14-25-13-5-8-20(25)22(27)23-17-9-11-18(28-3)12-10-17/h4,6-7,9-12,20H,5,8,13-14H2,1-3H3,(H,23,27)(H,24,26). The maximum Gasteiger partial charge on any atom is 0.241 e. The van der Waals surface area contributed by atoms with Crippen LogP contribution >= 0.6 is 0 Å². The molecule has 1 aliphatic rings. The van der Waals surface area contributed by atoms with E-state index >= 15 is 0 Å². The van der Waals surface area contributed by atoms with E-state index in [1.807, 2.05) is 49.1 Å². The molecule has 6 nitrogen and oxygen atoms in total. The van der Waals surface area contributed by atoms with Crippen LogP contribution in [0.4, 0.5) is 11.4 Å². The van der Waals surface area contributed by atoms with Crippen molar-refractivity contribution in [3.05, 3.63) is 53.6 Å². The first kappa shape index (κ1) is 19.9. The minimum Gasteiger partial charge on any atom is -0.497 e. The number of nitrogens with zero attached hydrogens (tertiary/aromatic N) is 1. The zero-order valence-electron chi connectivity index (χ0n) is 16.6. The van der Waals surface area contributed by atoms with Gasteiger partial charge in [0.15, 0.2) is 0 Å². The van der Waals surface area contributed by atoms with Crippen LogP contribution in [-0.4, -0.2) is 43.0 Å². The first-order valence-corrected chi connectivity index (χ1v) is 9.53. The molecule has 0 radical (unpaired) electrons. The van der Waals surface area contributed by atoms with Crippen molar-refractivity contribution in [2.75, 3.05) is 30.8 Å². The van der Waals surface area contributed by atoms with Crippen molar-refractivity contribution in [2.45, 2.75) is 32.7 Å². The second-order valence-electron chi connectivity index (χ2n) is 7.14. The highest BCUT2D eigenvalue weighted by Gasteiger charge is 2.32. The highest BCUT2D eigenvalue weighted by atomic mass is 16.5. The number of benzene rings is 2. The van der Waals surface area contributed by atoms with E-state index in [9.17, 15) is 9.59 Å². The Bertz CT molecular complexity index is 849. The predicted molar refractivity (Wildman–Crippen MR) is 111 cm³/mol. The quantitative estimate of drug-likeness (QED) is 0.805. The molecular weight excluding hydrogens is 354 g/mol. The number of amides is 2. The highest BCUT2D eigenvalue weighted by Crippen LogP contribution is 2.22. The van der Waals surface area contributed by atoms with Crippen molar-refractivity contribution < 1.29 is 14.3 Å². The fraction of sp³-hybridized carbons (Fsp3) is 0.364. The maximum atomic E-state index is 12.7. The van der Waals surface area contributed by atoms with E-state index in [1.54, 1.807) is 19.2 Å². The molecule has 2 aromatic carbocycles. The number of aryl methyl sites for hydroxylation is 1. The largest absolute Gasteiger partial charge is 0.497 e. The molecule has 1 atom stereocenters. The van der Waals surface area contributed by atoms with Gasteiger partial charge in [0.05, 0.1) is 19.7 Å². The molecule has 0 aromatic heterocycles. The smallest absolute Gasteiger partial charge is 0.241 e. The van der Waals surface area contributed by atoms with E-state index in [-0.39, 0.29) is 24.4 Å². The van der Waals surface area contributed by atoms with Crippen LogP contribution in [0.3, 0.4) is 0 Å². The third-order valence-electron chi connectivity index (χ3n) is 5.25. The van der Waals surface area contributed by atoms with Gasteiger partial charge in [0, 0.05) is 11.4 Å². The Morgan fingerprint density at radius 1 is 1.11 bits per heavy atom. The summed E-state index contributed by atoms with van der Waals surface area (Å²) in [5, 5.41) is 5.91. The van der Waals surface area contributed by atoms with E-state index in [0.717, 1.165) is 47.6 Å². The summed E-state index contributed by atoms with van der Waals surface area (Å²) in [5.74, 6) is 0.559. The molecular formula is C22H27N3O3. The average molecular weight is 381 g/mol. The number of likely N-dealkylation sites (tertiary alicyclic amines) is 1. The van der Waals surface area contributed by atoms with Gasteiger partial charge in [-0.1, -0.05) is 12.1 Å². The molecule has 1 unspecified atom stereocenters. The Balaban J connectivity index is 1.59. The summed E-state index contributed by atoms with van der Waals surface area (Å²) < 4.78 is 5.13. The van der Waals surface area contributed by atoms with Gasteiger partial charge in [0.25, 0.3) is 0 Å². The molecule has 1 saturated heterocycles. The van der Waals surface area contributed by atoms with Gasteiger partial charge in [0.2, 0.25) is 11.8 Å². The molecule has 1 heterocycles. The van der Waals surface area contributed by atoms with Gasteiger partial charge in [-0.15, -0.1) is 0 Å². The molecule has 148 valence electrons.